The van der Waals surface area contributed by atoms with Gasteiger partial charge in [-0.15, -0.1) is 11.8 Å². The van der Waals surface area contributed by atoms with E-state index in [1.165, 1.54) is 17.3 Å². The summed E-state index contributed by atoms with van der Waals surface area (Å²) in [5.41, 5.74) is 9.01. The van der Waals surface area contributed by atoms with Crippen LogP contribution in [0.15, 0.2) is 70.8 Å². The van der Waals surface area contributed by atoms with Gasteiger partial charge in [0.25, 0.3) is 5.91 Å². The van der Waals surface area contributed by atoms with E-state index in [9.17, 15) is 9.59 Å². The van der Waals surface area contributed by atoms with E-state index in [1.807, 2.05) is 42.3 Å². The molecule has 0 unspecified atom stereocenters. The minimum atomic E-state index is -2.53. The van der Waals surface area contributed by atoms with Gasteiger partial charge in [-0.25, -0.2) is 0 Å². The molecule has 1 aromatic carbocycles. The molecule has 1 saturated heterocycles. The van der Waals surface area contributed by atoms with Crippen LogP contribution in [0.1, 0.15) is 29.9 Å². The summed E-state index contributed by atoms with van der Waals surface area (Å²) in [5, 5.41) is 0.866. The number of allylic oxidation sites excluding steroid dienone is 5. The molecule has 30 heavy (non-hydrogen) atoms. The Morgan fingerprint density at radius 1 is 1.33 bits per heavy atom. The predicted molar refractivity (Wildman–Crippen MR) is 129 cm³/mol. The molecule has 1 aromatic rings. The van der Waals surface area contributed by atoms with Crippen LogP contribution in [0.25, 0.3) is 0 Å². The first-order valence-corrected chi connectivity index (χ1v) is 14.4. The van der Waals surface area contributed by atoms with Crippen LogP contribution in [0, 0.1) is 0 Å². The molecule has 2 aliphatic heterocycles. The van der Waals surface area contributed by atoms with Gasteiger partial charge in [-0.2, -0.15) is 0 Å². The molecule has 4 nitrogen and oxygen atoms in total. The number of carbonyl (C=O) groups excluding carboxylic acids is 1. The molecular formula is C24H32N2O2SSi. The minimum absolute atomic E-state index is 0.0716. The van der Waals surface area contributed by atoms with Crippen molar-refractivity contribution < 1.29 is 9.59 Å². The Bertz CT molecular complexity index is 891. The van der Waals surface area contributed by atoms with E-state index in [0.717, 1.165) is 48.0 Å². The summed E-state index contributed by atoms with van der Waals surface area (Å²) in [6.45, 7) is 9.96. The SMILES string of the molecule is C=C1/C=C(/C(=O)N2CCC(c3cccc(CN)c3)CC2)SC/C=C\C=C/1[Si](C)(C)O. The molecule has 0 aromatic heterocycles. The maximum atomic E-state index is 13.3. The third kappa shape index (κ3) is 5.63. The first-order chi connectivity index (χ1) is 14.3. The molecule has 0 spiro atoms. The van der Waals surface area contributed by atoms with E-state index >= 15 is 0 Å². The molecule has 0 saturated carbocycles. The number of thioether (sulfide) groups is 1. The Morgan fingerprint density at radius 2 is 2.07 bits per heavy atom. The zero-order chi connectivity index (χ0) is 21.7. The lowest BCUT2D eigenvalue weighted by atomic mass is 9.88. The van der Waals surface area contributed by atoms with Crippen LogP contribution in [0.4, 0.5) is 0 Å². The highest BCUT2D eigenvalue weighted by molar-refractivity contribution is 8.04. The largest absolute Gasteiger partial charge is 0.428 e. The summed E-state index contributed by atoms with van der Waals surface area (Å²) < 4.78 is 0. The second-order valence-corrected chi connectivity index (χ2v) is 13.1. The fourth-order valence-corrected chi connectivity index (χ4v) is 6.24. The van der Waals surface area contributed by atoms with E-state index in [4.69, 9.17) is 5.73 Å². The van der Waals surface area contributed by atoms with Crippen molar-refractivity contribution in [1.82, 2.24) is 4.90 Å². The highest BCUT2D eigenvalue weighted by Gasteiger charge is 2.28. The maximum absolute atomic E-state index is 13.3. The molecule has 6 heteroatoms. The number of piperidine rings is 1. The maximum Gasteiger partial charge on any atom is 0.260 e. The van der Waals surface area contributed by atoms with Crippen molar-refractivity contribution in [3.8, 4) is 0 Å². The molecule has 1 amide bonds. The highest BCUT2D eigenvalue weighted by Crippen LogP contribution is 2.32. The summed E-state index contributed by atoms with van der Waals surface area (Å²) in [7, 11) is -2.53. The first kappa shape index (κ1) is 22.8. The number of rotatable bonds is 4. The van der Waals surface area contributed by atoms with Crippen LogP contribution in [0.2, 0.25) is 13.1 Å². The standard InChI is InChI=1S/C24H32N2O2SSi/c1-18-15-22(29-14-5-4-9-23(18)30(2,3)28)24(27)26-12-10-20(11-13-26)21-8-6-7-19(16-21)17-25/h4-9,15-16,20,28H,1,10-14,17,25H2,2-3H3/b5-4-,22-15-,23-9+. The topological polar surface area (TPSA) is 66.6 Å². The molecule has 0 atom stereocenters. The molecule has 160 valence electrons. The Balaban J connectivity index is 1.70. The third-order valence-electron chi connectivity index (χ3n) is 5.70. The lowest BCUT2D eigenvalue weighted by molar-refractivity contribution is -0.127. The summed E-state index contributed by atoms with van der Waals surface area (Å²) in [6.07, 6.45) is 9.72. The summed E-state index contributed by atoms with van der Waals surface area (Å²) in [5.74, 6) is 1.27. The van der Waals surface area contributed by atoms with Gasteiger partial charge in [0.15, 0.2) is 0 Å². The quantitative estimate of drug-likeness (QED) is 0.687. The summed E-state index contributed by atoms with van der Waals surface area (Å²) >= 11 is 1.54. The number of nitrogens with two attached hydrogens (primary N) is 1. The van der Waals surface area contributed by atoms with Gasteiger partial charge < -0.3 is 15.4 Å². The normalized spacial score (nSPS) is 23.5. The van der Waals surface area contributed by atoms with Crippen LogP contribution < -0.4 is 5.73 Å². The zero-order valence-electron chi connectivity index (χ0n) is 17.9. The molecule has 0 aliphatic carbocycles. The lowest BCUT2D eigenvalue weighted by Gasteiger charge is -2.33. The van der Waals surface area contributed by atoms with Crippen molar-refractivity contribution >= 4 is 26.0 Å². The van der Waals surface area contributed by atoms with Crippen molar-refractivity contribution in [2.24, 2.45) is 5.73 Å². The lowest BCUT2D eigenvalue weighted by Crippen LogP contribution is -2.38. The minimum Gasteiger partial charge on any atom is -0.428 e. The zero-order valence-corrected chi connectivity index (χ0v) is 19.8. The van der Waals surface area contributed by atoms with Gasteiger partial charge in [-0.1, -0.05) is 49.1 Å². The van der Waals surface area contributed by atoms with E-state index < -0.39 is 8.32 Å². The monoisotopic (exact) mass is 440 g/mol. The van der Waals surface area contributed by atoms with E-state index in [2.05, 4.69) is 30.8 Å². The molecule has 1 fully saturated rings. The number of amides is 1. The van der Waals surface area contributed by atoms with Crippen LogP contribution in [0.3, 0.4) is 0 Å². The number of likely N-dealkylation sites (tertiary alicyclic amines) is 1. The van der Waals surface area contributed by atoms with Crippen LogP contribution in [0.5, 0.6) is 0 Å². The second kappa shape index (κ2) is 9.96. The molecular weight excluding hydrogens is 408 g/mol. The Morgan fingerprint density at radius 3 is 2.73 bits per heavy atom. The Labute approximate surface area is 185 Å². The average Bonchev–Trinajstić information content (AvgIpc) is 2.83. The predicted octanol–water partition coefficient (Wildman–Crippen LogP) is 4.26. The molecule has 3 N–H and O–H groups in total. The van der Waals surface area contributed by atoms with Crippen LogP contribution >= 0.6 is 11.8 Å². The van der Waals surface area contributed by atoms with E-state index in [1.54, 1.807) is 0 Å². The molecule has 3 rings (SSSR count). The molecule has 2 heterocycles. The average molecular weight is 441 g/mol. The highest BCUT2D eigenvalue weighted by atomic mass is 32.2. The van der Waals surface area contributed by atoms with Crippen molar-refractivity contribution in [1.29, 1.82) is 0 Å². The number of hydrogen-bond acceptors (Lipinski definition) is 4. The molecule has 2 aliphatic rings. The molecule has 0 radical (unpaired) electrons. The van der Waals surface area contributed by atoms with Crippen molar-refractivity contribution in [3.63, 3.8) is 0 Å². The fourth-order valence-electron chi connectivity index (χ4n) is 4.01. The van der Waals surface area contributed by atoms with Crippen molar-refractivity contribution in [2.75, 3.05) is 18.8 Å². The Hall–Kier alpha value is -1.86. The van der Waals surface area contributed by atoms with Gasteiger partial charge in [-0.3, -0.25) is 4.79 Å². The number of benzene rings is 1. The van der Waals surface area contributed by atoms with Gasteiger partial charge in [0.2, 0.25) is 8.32 Å². The van der Waals surface area contributed by atoms with Gasteiger partial charge in [0.05, 0.1) is 4.91 Å². The number of carbonyl (C=O) groups is 1. The number of nitrogens with zero attached hydrogens (tertiary/aromatic N) is 1. The molecule has 0 bridgehead atoms. The fraction of sp³-hybridized carbons (Fsp3) is 0.375. The summed E-state index contributed by atoms with van der Waals surface area (Å²) in [4.78, 5) is 26.5. The van der Waals surface area contributed by atoms with E-state index in [-0.39, 0.29) is 5.91 Å². The van der Waals surface area contributed by atoms with Crippen LogP contribution in [-0.2, 0) is 11.3 Å². The van der Waals surface area contributed by atoms with Crippen LogP contribution in [-0.4, -0.2) is 42.8 Å². The Kier molecular flexibility index (Phi) is 7.58. The van der Waals surface area contributed by atoms with Gasteiger partial charge in [-0.05, 0) is 59.8 Å². The van der Waals surface area contributed by atoms with E-state index in [0.29, 0.717) is 17.4 Å². The first-order valence-electron chi connectivity index (χ1n) is 10.5. The van der Waals surface area contributed by atoms with Gasteiger partial charge in [0.1, 0.15) is 0 Å². The summed E-state index contributed by atoms with van der Waals surface area (Å²) in [6, 6.07) is 8.50. The second-order valence-electron chi connectivity index (χ2n) is 8.43. The van der Waals surface area contributed by atoms with Gasteiger partial charge in [0, 0.05) is 25.4 Å². The third-order valence-corrected chi connectivity index (χ3v) is 8.46. The van der Waals surface area contributed by atoms with Crippen molar-refractivity contribution in [3.05, 3.63) is 82.0 Å². The smallest absolute Gasteiger partial charge is 0.260 e. The number of hydrogen-bond donors (Lipinski definition) is 2. The van der Waals surface area contributed by atoms with Crippen molar-refractivity contribution in [2.45, 2.75) is 38.4 Å². The van der Waals surface area contributed by atoms with Gasteiger partial charge >= 0.3 is 0 Å².